The maximum atomic E-state index is 12.0. The van der Waals surface area contributed by atoms with Crippen LogP contribution in [0.5, 0.6) is 0 Å². The molecule has 3 aromatic rings. The Labute approximate surface area is 134 Å². The molecule has 3 rings (SSSR count). The molecule has 0 spiro atoms. The molecule has 1 atom stereocenters. The number of carbonyl (C=O) groups excluding carboxylic acids is 1. The summed E-state index contributed by atoms with van der Waals surface area (Å²) in [5.41, 5.74) is 1.95. The van der Waals surface area contributed by atoms with E-state index in [0.717, 1.165) is 23.4 Å². The zero-order valence-corrected chi connectivity index (χ0v) is 13.2. The number of hydrogen-bond acceptors (Lipinski definition) is 3. The largest absolute Gasteiger partial charge is 0.356 e. The number of aromatic nitrogens is 4. The Hall–Kier alpha value is -2.63. The Balaban J connectivity index is 1.42. The molecule has 0 saturated heterocycles. The smallest absolute Gasteiger partial charge is 0.220 e. The molecule has 0 unspecified atom stereocenters. The number of hydrogen-bond donors (Lipinski definition) is 2. The standard InChI is InChI=1S/C17H21N5O/c1-13(12-22-10-4-9-19-22)11-18-17(23)8-7-16-20-14-5-2-3-6-15(14)21-16/h2-6,9-10,13H,7-8,11-12H2,1H3,(H,18,23)(H,20,21)/t13-/m1/s1. The molecule has 1 aromatic carbocycles. The fraction of sp³-hybridized carbons (Fsp3) is 0.353. The van der Waals surface area contributed by atoms with E-state index in [0.29, 0.717) is 25.3 Å². The first-order chi connectivity index (χ1) is 11.2. The normalized spacial score (nSPS) is 12.4. The Morgan fingerprint density at radius 1 is 1.35 bits per heavy atom. The number of rotatable bonds is 7. The minimum Gasteiger partial charge on any atom is -0.356 e. The van der Waals surface area contributed by atoms with Gasteiger partial charge < -0.3 is 10.3 Å². The lowest BCUT2D eigenvalue weighted by molar-refractivity contribution is -0.121. The van der Waals surface area contributed by atoms with Crippen molar-refractivity contribution in [3.05, 3.63) is 48.5 Å². The maximum absolute atomic E-state index is 12.0. The van der Waals surface area contributed by atoms with Crippen LogP contribution in [0.3, 0.4) is 0 Å². The van der Waals surface area contributed by atoms with Crippen LogP contribution in [0.4, 0.5) is 0 Å². The van der Waals surface area contributed by atoms with Crippen LogP contribution in [0.1, 0.15) is 19.2 Å². The van der Waals surface area contributed by atoms with Gasteiger partial charge in [-0.15, -0.1) is 0 Å². The highest BCUT2D eigenvalue weighted by Gasteiger charge is 2.08. The Morgan fingerprint density at radius 2 is 2.22 bits per heavy atom. The molecule has 6 nitrogen and oxygen atoms in total. The molecule has 0 aliphatic carbocycles. The van der Waals surface area contributed by atoms with Crippen molar-refractivity contribution in [2.24, 2.45) is 5.92 Å². The van der Waals surface area contributed by atoms with Crippen molar-refractivity contribution in [3.8, 4) is 0 Å². The number of nitrogens with zero attached hydrogens (tertiary/aromatic N) is 3. The predicted molar refractivity (Wildman–Crippen MR) is 88.8 cm³/mol. The van der Waals surface area contributed by atoms with E-state index in [1.165, 1.54) is 0 Å². The number of para-hydroxylation sites is 2. The lowest BCUT2D eigenvalue weighted by Crippen LogP contribution is -2.30. The number of nitrogens with one attached hydrogen (secondary N) is 2. The van der Waals surface area contributed by atoms with E-state index in [-0.39, 0.29) is 5.91 Å². The maximum Gasteiger partial charge on any atom is 0.220 e. The van der Waals surface area contributed by atoms with Crippen molar-refractivity contribution in [1.29, 1.82) is 0 Å². The molecule has 0 radical (unpaired) electrons. The molecule has 0 aliphatic rings. The second kappa shape index (κ2) is 7.09. The van der Waals surface area contributed by atoms with E-state index < -0.39 is 0 Å². The molecule has 2 aromatic heterocycles. The topological polar surface area (TPSA) is 75.6 Å². The Kier molecular flexibility index (Phi) is 4.71. The van der Waals surface area contributed by atoms with Gasteiger partial charge in [0.2, 0.25) is 5.91 Å². The van der Waals surface area contributed by atoms with Crippen LogP contribution < -0.4 is 5.32 Å². The molecule has 1 amide bonds. The van der Waals surface area contributed by atoms with Gasteiger partial charge in [-0.3, -0.25) is 9.48 Å². The number of benzene rings is 1. The highest BCUT2D eigenvalue weighted by atomic mass is 16.1. The monoisotopic (exact) mass is 311 g/mol. The summed E-state index contributed by atoms with van der Waals surface area (Å²) >= 11 is 0. The van der Waals surface area contributed by atoms with Gasteiger partial charge in [0.15, 0.2) is 0 Å². The minimum absolute atomic E-state index is 0.0535. The van der Waals surface area contributed by atoms with Crippen molar-refractivity contribution in [2.75, 3.05) is 6.54 Å². The van der Waals surface area contributed by atoms with Crippen molar-refractivity contribution in [3.63, 3.8) is 0 Å². The van der Waals surface area contributed by atoms with E-state index >= 15 is 0 Å². The summed E-state index contributed by atoms with van der Waals surface area (Å²) in [6.07, 6.45) is 4.75. The minimum atomic E-state index is 0.0535. The fourth-order valence-electron chi connectivity index (χ4n) is 2.52. The summed E-state index contributed by atoms with van der Waals surface area (Å²) in [6, 6.07) is 9.78. The van der Waals surface area contributed by atoms with Gasteiger partial charge in [0, 0.05) is 38.3 Å². The van der Waals surface area contributed by atoms with Gasteiger partial charge in [-0.05, 0) is 24.1 Å². The van der Waals surface area contributed by atoms with Crippen LogP contribution in [0, 0.1) is 5.92 Å². The molecule has 2 heterocycles. The SMILES string of the molecule is C[C@H](CNC(=O)CCc1nc2ccccc2[nH]1)Cn1cccn1. The van der Waals surface area contributed by atoms with Crippen molar-refractivity contribution in [2.45, 2.75) is 26.3 Å². The summed E-state index contributed by atoms with van der Waals surface area (Å²) in [5.74, 6) is 1.24. The molecule has 0 saturated carbocycles. The molecule has 120 valence electrons. The lowest BCUT2D eigenvalue weighted by Gasteiger charge is -2.12. The first-order valence-electron chi connectivity index (χ1n) is 7.88. The van der Waals surface area contributed by atoms with Crippen LogP contribution in [0.25, 0.3) is 11.0 Å². The van der Waals surface area contributed by atoms with Gasteiger partial charge in [0.25, 0.3) is 0 Å². The highest BCUT2D eigenvalue weighted by Crippen LogP contribution is 2.11. The zero-order valence-electron chi connectivity index (χ0n) is 13.2. The van der Waals surface area contributed by atoms with E-state index in [4.69, 9.17) is 0 Å². The van der Waals surface area contributed by atoms with Gasteiger partial charge >= 0.3 is 0 Å². The fourth-order valence-corrected chi connectivity index (χ4v) is 2.52. The molecule has 0 fully saturated rings. The molecule has 0 bridgehead atoms. The quantitative estimate of drug-likeness (QED) is 0.702. The van der Waals surface area contributed by atoms with Gasteiger partial charge in [0.1, 0.15) is 5.82 Å². The number of fused-ring (bicyclic) bond motifs is 1. The predicted octanol–water partition coefficient (Wildman–Crippen LogP) is 2.14. The number of amides is 1. The number of aromatic amines is 1. The number of aryl methyl sites for hydroxylation is 1. The molecule has 23 heavy (non-hydrogen) atoms. The molecular weight excluding hydrogens is 290 g/mol. The average molecular weight is 311 g/mol. The Bertz CT molecular complexity index is 729. The van der Waals surface area contributed by atoms with Crippen molar-refractivity contribution < 1.29 is 4.79 Å². The molecule has 6 heteroatoms. The van der Waals surface area contributed by atoms with Crippen LogP contribution >= 0.6 is 0 Å². The summed E-state index contributed by atoms with van der Waals surface area (Å²) in [4.78, 5) is 19.7. The van der Waals surface area contributed by atoms with Crippen molar-refractivity contribution >= 4 is 16.9 Å². The molecule has 2 N–H and O–H groups in total. The molecular formula is C17H21N5O. The average Bonchev–Trinajstić information content (AvgIpc) is 3.19. The zero-order chi connectivity index (χ0) is 16.1. The lowest BCUT2D eigenvalue weighted by atomic mass is 10.2. The van der Waals surface area contributed by atoms with Gasteiger partial charge in [-0.25, -0.2) is 4.98 Å². The number of imidazole rings is 1. The van der Waals surface area contributed by atoms with Crippen molar-refractivity contribution in [1.82, 2.24) is 25.1 Å². The number of carbonyl (C=O) groups is 1. The van der Waals surface area contributed by atoms with Crippen LogP contribution in [-0.4, -0.2) is 32.2 Å². The van der Waals surface area contributed by atoms with Crippen LogP contribution in [-0.2, 0) is 17.8 Å². The third-order valence-corrected chi connectivity index (χ3v) is 3.73. The summed E-state index contributed by atoms with van der Waals surface area (Å²) in [6.45, 7) is 3.55. The third kappa shape index (κ3) is 4.18. The first-order valence-corrected chi connectivity index (χ1v) is 7.88. The summed E-state index contributed by atoms with van der Waals surface area (Å²) < 4.78 is 1.88. The van der Waals surface area contributed by atoms with Crippen LogP contribution in [0.2, 0.25) is 0 Å². The van der Waals surface area contributed by atoms with E-state index in [1.807, 2.05) is 41.2 Å². The second-order valence-electron chi connectivity index (χ2n) is 5.84. The highest BCUT2D eigenvalue weighted by molar-refractivity contribution is 5.77. The van der Waals surface area contributed by atoms with E-state index in [9.17, 15) is 4.79 Å². The Morgan fingerprint density at radius 3 is 3.00 bits per heavy atom. The summed E-state index contributed by atoms with van der Waals surface area (Å²) in [5, 5.41) is 7.15. The van der Waals surface area contributed by atoms with Gasteiger partial charge in [-0.1, -0.05) is 19.1 Å². The van der Waals surface area contributed by atoms with Gasteiger partial charge in [-0.2, -0.15) is 5.10 Å². The van der Waals surface area contributed by atoms with E-state index in [2.05, 4.69) is 27.3 Å². The van der Waals surface area contributed by atoms with Gasteiger partial charge in [0.05, 0.1) is 11.0 Å². The number of H-pyrrole nitrogens is 1. The van der Waals surface area contributed by atoms with E-state index in [1.54, 1.807) is 6.20 Å². The molecule has 0 aliphatic heterocycles. The summed E-state index contributed by atoms with van der Waals surface area (Å²) in [7, 11) is 0. The second-order valence-corrected chi connectivity index (χ2v) is 5.84. The van der Waals surface area contributed by atoms with Crippen LogP contribution in [0.15, 0.2) is 42.7 Å². The third-order valence-electron chi connectivity index (χ3n) is 3.73. The first kappa shape index (κ1) is 15.3.